The molecule has 4 heterocycles. The zero-order valence-corrected chi connectivity index (χ0v) is 60.8. The van der Waals surface area contributed by atoms with E-state index in [1.54, 1.807) is 90.1 Å². The van der Waals surface area contributed by atoms with E-state index in [1.165, 1.54) is 66.9 Å². The van der Waals surface area contributed by atoms with E-state index in [2.05, 4.69) is 37.9 Å². The van der Waals surface area contributed by atoms with Crippen molar-refractivity contribution in [3.05, 3.63) is 158 Å². The summed E-state index contributed by atoms with van der Waals surface area (Å²) in [6, 6.07) is 26.3. The summed E-state index contributed by atoms with van der Waals surface area (Å²) in [5, 5.41) is 62.6. The molecule has 29 heteroatoms. The smallest absolute Gasteiger partial charge is 0.165 e. The average molecular weight is 1450 g/mol. The lowest BCUT2D eigenvalue weighted by Crippen LogP contribution is -2.42. The first kappa shape index (κ1) is 71.2. The maximum atomic E-state index is 14.1. The molecule has 5 N–H and O–H groups in total. The van der Waals surface area contributed by atoms with Crippen LogP contribution in [0.4, 0.5) is 0 Å². The number of ether oxygens (including phenoxy) is 15. The van der Waals surface area contributed by atoms with Gasteiger partial charge in [-0.05, 0) is 76.2 Å². The van der Waals surface area contributed by atoms with Crippen LogP contribution in [0, 0.1) is 0 Å². The Hall–Kier alpha value is -8.62. The molecule has 0 saturated heterocycles. The van der Waals surface area contributed by atoms with Gasteiger partial charge in [0, 0.05) is 91.0 Å². The van der Waals surface area contributed by atoms with Crippen LogP contribution in [-0.2, 0) is 20.6 Å². The maximum Gasteiger partial charge on any atom is 0.165 e. The molecule has 24 nitrogen and oxygen atoms in total. The Balaban J connectivity index is 1.20. The minimum Gasteiger partial charge on any atom is -0.508 e. The number of hydrogen-bond acceptors (Lipinski definition) is 24. The normalized spacial score (nSPS) is 21.7. The zero-order valence-electron chi connectivity index (χ0n) is 56.2. The molecule has 0 spiro atoms. The van der Waals surface area contributed by atoms with Gasteiger partial charge in [-0.15, -0.1) is 0 Å². The number of phenolic OH excluding ortho intramolecular Hbond substituents is 4. The van der Waals surface area contributed by atoms with Gasteiger partial charge in [-0.2, -0.15) is 0 Å². The molecule has 15 unspecified atom stereocenters. The highest BCUT2D eigenvalue weighted by molar-refractivity contribution is 7.11. The van der Waals surface area contributed by atoms with Crippen LogP contribution in [-0.4, -0.2) is 136 Å². The number of aliphatic hydroxyl groups is 1. The third kappa shape index (κ3) is 12.0. The van der Waals surface area contributed by atoms with E-state index in [0.717, 1.165) is 0 Å². The first-order valence-electron chi connectivity index (χ1n) is 31.0. The summed E-state index contributed by atoms with van der Waals surface area (Å²) in [7, 11) is 32.8. The standard InChI is InChI=1S/C71H75BO24P4/c1-78-37-17-13-30(21-41(37)81-4)63-49(86-9)26-34-40(80-3)27-44(83-6)51(67(34)90-63)55-52-45(84-7)28-46(85-8)53(68(52)91-66(70(55)87-10)32-14-18-38(79-2)42(22-32)82-5)56-58-60(75)57(61(76)59(72)69(58)92-65(71(56)88-11)29-12-16-35(73)36(74)20-29)54-50-47(24-33(93-97)25-48(50)96-100)89-64(62(54)77)31-15-19-39(94-98)43(23-31)95-99/h12-25,27-28,49,54-56,62-66,70-71,73-77H,26,97-100H2,1-11H3. The molecule has 4 aliphatic heterocycles. The maximum absolute atomic E-state index is 14.1. The van der Waals surface area contributed by atoms with E-state index < -0.39 is 95.0 Å². The van der Waals surface area contributed by atoms with Crippen molar-refractivity contribution in [1.29, 1.82) is 0 Å². The summed E-state index contributed by atoms with van der Waals surface area (Å²) >= 11 is 0. The topological polar surface area (TPSA) is 277 Å². The fourth-order valence-corrected chi connectivity index (χ4v) is 15.2. The fourth-order valence-electron chi connectivity index (χ4n) is 14.5. The molecule has 100 heavy (non-hydrogen) atoms. The van der Waals surface area contributed by atoms with Crippen molar-refractivity contribution in [2.24, 2.45) is 0 Å². The van der Waals surface area contributed by atoms with Crippen LogP contribution >= 0.6 is 37.9 Å². The number of aromatic hydroxyl groups is 4. The second-order valence-corrected chi connectivity index (χ2v) is 24.6. The van der Waals surface area contributed by atoms with Crippen LogP contribution in [0.1, 0.15) is 103 Å². The molecule has 12 rings (SSSR count). The van der Waals surface area contributed by atoms with Crippen molar-refractivity contribution in [1.82, 2.24) is 0 Å². The number of hydrogen-bond donors (Lipinski definition) is 5. The first-order chi connectivity index (χ1) is 48.4. The van der Waals surface area contributed by atoms with Crippen LogP contribution in [0.25, 0.3) is 0 Å². The molecule has 0 fully saturated rings. The Kier molecular flexibility index (Phi) is 21.0. The van der Waals surface area contributed by atoms with Gasteiger partial charge in [0.2, 0.25) is 0 Å². The second kappa shape index (κ2) is 29.5. The minimum absolute atomic E-state index is 0.0768. The summed E-state index contributed by atoms with van der Waals surface area (Å²) in [4.78, 5) is 0. The summed E-state index contributed by atoms with van der Waals surface area (Å²) < 4.78 is 121. The first-order valence-corrected chi connectivity index (χ1v) is 32.9. The predicted molar refractivity (Wildman–Crippen MR) is 378 cm³/mol. The van der Waals surface area contributed by atoms with E-state index >= 15 is 0 Å². The van der Waals surface area contributed by atoms with Gasteiger partial charge in [0.05, 0.1) is 112 Å². The molecular formula is C71H75BO24P4. The summed E-state index contributed by atoms with van der Waals surface area (Å²) in [6.07, 6.45) is -9.07. The quantitative estimate of drug-likeness (QED) is 0.0240. The van der Waals surface area contributed by atoms with Crippen LogP contribution in [0.3, 0.4) is 0 Å². The van der Waals surface area contributed by atoms with Gasteiger partial charge in [0.15, 0.2) is 70.4 Å². The van der Waals surface area contributed by atoms with Gasteiger partial charge >= 0.3 is 0 Å². The molecule has 0 bridgehead atoms. The predicted octanol–water partition coefficient (Wildman–Crippen LogP) is 10.9. The Morgan fingerprint density at radius 1 is 0.370 bits per heavy atom. The molecule has 4 aliphatic rings. The van der Waals surface area contributed by atoms with Crippen LogP contribution < -0.4 is 80.4 Å². The number of aliphatic hydroxyl groups excluding tert-OH is 1. The van der Waals surface area contributed by atoms with E-state index in [0.29, 0.717) is 73.6 Å². The number of methoxy groups -OCH3 is 11. The lowest BCUT2D eigenvalue weighted by molar-refractivity contribution is -0.0343. The van der Waals surface area contributed by atoms with Crippen molar-refractivity contribution in [2.45, 2.75) is 73.0 Å². The van der Waals surface area contributed by atoms with Gasteiger partial charge in [0.25, 0.3) is 0 Å². The molecule has 0 amide bonds. The summed E-state index contributed by atoms with van der Waals surface area (Å²) in [6.45, 7) is 0. The van der Waals surface area contributed by atoms with Gasteiger partial charge in [-0.3, -0.25) is 0 Å². The van der Waals surface area contributed by atoms with Crippen molar-refractivity contribution in [2.75, 3.05) is 78.2 Å². The lowest BCUT2D eigenvalue weighted by Gasteiger charge is -2.46. The van der Waals surface area contributed by atoms with E-state index in [-0.39, 0.29) is 86.0 Å². The molecule has 0 aromatic heterocycles. The fraction of sp³-hybridized carbons (Fsp3) is 0.324. The third-order valence-electron chi connectivity index (χ3n) is 19.1. The van der Waals surface area contributed by atoms with Gasteiger partial charge in [-0.1, -0.05) is 24.3 Å². The number of fused-ring (bicyclic) bond motifs is 4. The van der Waals surface area contributed by atoms with E-state index in [1.807, 2.05) is 18.2 Å². The molecule has 8 aromatic rings. The molecule has 0 saturated carbocycles. The Morgan fingerprint density at radius 3 is 1.36 bits per heavy atom. The van der Waals surface area contributed by atoms with Crippen molar-refractivity contribution in [3.63, 3.8) is 0 Å². The Labute approximate surface area is 587 Å². The summed E-state index contributed by atoms with van der Waals surface area (Å²) in [5.41, 5.74) is 2.67. The van der Waals surface area contributed by atoms with Crippen molar-refractivity contribution >= 4 is 51.2 Å². The van der Waals surface area contributed by atoms with Gasteiger partial charge in [0.1, 0.15) is 101 Å². The molecule has 8 aromatic carbocycles. The monoisotopic (exact) mass is 1450 g/mol. The highest BCUT2D eigenvalue weighted by Crippen LogP contribution is 2.65. The molecule has 0 aliphatic carbocycles. The summed E-state index contributed by atoms with van der Waals surface area (Å²) in [5.74, 6) is -2.47. The largest absolute Gasteiger partial charge is 0.508 e. The average Bonchev–Trinajstić information content (AvgIpc) is 0.710. The van der Waals surface area contributed by atoms with E-state index in [4.69, 9.17) is 97.0 Å². The van der Waals surface area contributed by atoms with Gasteiger partial charge < -0.3 is 115 Å². The van der Waals surface area contributed by atoms with Crippen LogP contribution in [0.5, 0.6) is 115 Å². The number of benzene rings is 8. The highest BCUT2D eigenvalue weighted by Gasteiger charge is 2.55. The number of rotatable bonds is 22. The van der Waals surface area contributed by atoms with Crippen LogP contribution in [0.2, 0.25) is 0 Å². The lowest BCUT2D eigenvalue weighted by atomic mass is 9.70. The second-order valence-electron chi connectivity index (χ2n) is 23.7. The number of phenols is 4. The molecule has 2 radical (unpaired) electrons. The van der Waals surface area contributed by atoms with Gasteiger partial charge in [-0.25, -0.2) is 0 Å². The molecule has 526 valence electrons. The third-order valence-corrected chi connectivity index (χ3v) is 20.1. The minimum atomic E-state index is -1.71. The van der Waals surface area contributed by atoms with E-state index in [9.17, 15) is 25.5 Å². The molecule has 15 atom stereocenters. The highest BCUT2D eigenvalue weighted by atomic mass is 31.0. The SMILES string of the molecule is [B]c1c(O)c(C2c3c(OP)cc(OP)cc3OC(c3ccc(OP)c(OP)c3)C2O)c(O)c2c1OC(c1ccc(O)c(O)c1)C(OC)C2c1c(OC)cc(OC)c2c1OC(c1ccc(OC)c(OC)c1)C(OC)C2c1c(OC)cc(OC)c2c1OC(c1ccc(OC)c(OC)c1)C(OC)C2. The van der Waals surface area contributed by atoms with Crippen LogP contribution in [0.15, 0.2) is 97.1 Å². The molecular weight excluding hydrogens is 1370 g/mol. The van der Waals surface area contributed by atoms with Crippen molar-refractivity contribution < 1.29 is 115 Å². The van der Waals surface area contributed by atoms with Crippen molar-refractivity contribution in [3.8, 4) is 115 Å². The Bertz CT molecular complexity index is 4410. The zero-order chi connectivity index (χ0) is 71.3. The Morgan fingerprint density at radius 2 is 0.840 bits per heavy atom.